The van der Waals surface area contributed by atoms with Gasteiger partial charge < -0.3 is 14.2 Å². The van der Waals surface area contributed by atoms with E-state index in [1.807, 2.05) is 0 Å². The summed E-state index contributed by atoms with van der Waals surface area (Å²) in [4.78, 5) is 37.4. The third kappa shape index (κ3) is 37.7. The van der Waals surface area contributed by atoms with Crippen molar-refractivity contribution in [2.75, 3.05) is 13.2 Å². The van der Waals surface area contributed by atoms with E-state index in [9.17, 15) is 14.4 Å². The molecule has 0 aromatic heterocycles. The summed E-state index contributed by atoms with van der Waals surface area (Å²) in [6.07, 6.45) is 34.0. The maximum Gasteiger partial charge on any atom is 0.306 e. The maximum atomic E-state index is 12.6. The molecule has 296 valence electrons. The fourth-order valence-corrected chi connectivity index (χ4v) is 6.40. The van der Waals surface area contributed by atoms with Crippen molar-refractivity contribution in [3.05, 3.63) is 0 Å². The summed E-state index contributed by atoms with van der Waals surface area (Å²) in [5.41, 5.74) is 0. The topological polar surface area (TPSA) is 78.9 Å². The highest BCUT2D eigenvalue weighted by Crippen LogP contribution is 2.16. The van der Waals surface area contributed by atoms with Crippen molar-refractivity contribution >= 4 is 17.9 Å². The van der Waals surface area contributed by atoms with Gasteiger partial charge in [0.2, 0.25) is 0 Å². The molecule has 0 aromatic carbocycles. The molecule has 0 bridgehead atoms. The number of ether oxygens (including phenoxy) is 3. The van der Waals surface area contributed by atoms with Crippen LogP contribution >= 0.6 is 0 Å². The van der Waals surface area contributed by atoms with Crippen molar-refractivity contribution in [1.82, 2.24) is 0 Å². The molecule has 6 nitrogen and oxygen atoms in total. The summed E-state index contributed by atoms with van der Waals surface area (Å²) in [7, 11) is 0. The van der Waals surface area contributed by atoms with Gasteiger partial charge in [-0.25, -0.2) is 0 Å². The summed E-state index contributed by atoms with van der Waals surface area (Å²) in [5.74, 6) is 0.770. The van der Waals surface area contributed by atoms with Gasteiger partial charge in [0.05, 0.1) is 0 Å². The minimum atomic E-state index is -0.758. The lowest BCUT2D eigenvalue weighted by atomic mass is 10.0. The van der Waals surface area contributed by atoms with E-state index in [4.69, 9.17) is 14.2 Å². The summed E-state index contributed by atoms with van der Waals surface area (Å²) in [5, 5.41) is 0. The highest BCUT2D eigenvalue weighted by atomic mass is 16.6. The number of carbonyl (C=O) groups is 3. The second kappa shape index (κ2) is 37.2. The zero-order valence-corrected chi connectivity index (χ0v) is 34.0. The molecular formula is C44H84O6. The van der Waals surface area contributed by atoms with Gasteiger partial charge in [-0.1, -0.05) is 195 Å². The molecule has 0 aliphatic rings. The minimum Gasteiger partial charge on any atom is -0.462 e. The molecule has 0 radical (unpaired) electrons. The SMILES string of the molecule is CCCCCCCC(=O)OC[C@H](COC(=O)CCCCCCCCCCCCC(C)C)OC(=O)CCCCCCCCCCCCCC(C)C. The smallest absolute Gasteiger partial charge is 0.306 e. The highest BCUT2D eigenvalue weighted by Gasteiger charge is 2.19. The van der Waals surface area contributed by atoms with Crippen LogP contribution in [0.1, 0.15) is 234 Å². The lowest BCUT2D eigenvalue weighted by Crippen LogP contribution is -2.30. The van der Waals surface area contributed by atoms with Crippen LogP contribution in [0, 0.1) is 11.8 Å². The largest absolute Gasteiger partial charge is 0.462 e. The van der Waals surface area contributed by atoms with Gasteiger partial charge in [-0.15, -0.1) is 0 Å². The molecule has 0 saturated carbocycles. The van der Waals surface area contributed by atoms with Crippen LogP contribution in [0.2, 0.25) is 0 Å². The molecule has 0 N–H and O–H groups in total. The standard InChI is InChI=1S/C44H84O6/c1-6-7-8-22-29-34-42(45)48-37-41(38-49-43(46)35-30-25-20-16-13-12-15-19-24-28-33-40(4)5)50-44(47)36-31-26-21-17-11-9-10-14-18-23-27-32-39(2)3/h39-41H,6-38H2,1-5H3/t41-/m1/s1. The first kappa shape index (κ1) is 48.4. The van der Waals surface area contributed by atoms with E-state index in [0.717, 1.165) is 76.0 Å². The molecule has 6 heteroatoms. The molecule has 0 aliphatic heterocycles. The third-order valence-corrected chi connectivity index (χ3v) is 9.72. The first-order valence-corrected chi connectivity index (χ1v) is 21.7. The van der Waals surface area contributed by atoms with E-state index in [2.05, 4.69) is 34.6 Å². The zero-order chi connectivity index (χ0) is 36.9. The van der Waals surface area contributed by atoms with E-state index in [-0.39, 0.29) is 31.1 Å². The predicted octanol–water partition coefficient (Wildman–Crippen LogP) is 13.4. The number of hydrogen-bond acceptors (Lipinski definition) is 6. The van der Waals surface area contributed by atoms with Crippen molar-refractivity contribution in [3.63, 3.8) is 0 Å². The average molecular weight is 709 g/mol. The normalized spacial score (nSPS) is 12.1. The van der Waals surface area contributed by atoms with Gasteiger partial charge >= 0.3 is 17.9 Å². The quantitative estimate of drug-likeness (QED) is 0.0361. The summed E-state index contributed by atoms with van der Waals surface area (Å²) < 4.78 is 16.6. The average Bonchev–Trinajstić information content (AvgIpc) is 3.08. The number of hydrogen-bond donors (Lipinski definition) is 0. The first-order valence-electron chi connectivity index (χ1n) is 21.7. The Balaban J connectivity index is 4.22. The van der Waals surface area contributed by atoms with E-state index in [1.165, 1.54) is 116 Å². The Morgan fingerprint density at radius 2 is 0.660 bits per heavy atom. The molecule has 0 rings (SSSR count). The van der Waals surface area contributed by atoms with Crippen LogP contribution in [0.5, 0.6) is 0 Å². The molecule has 0 amide bonds. The number of unbranched alkanes of at least 4 members (excludes halogenated alkanes) is 23. The van der Waals surface area contributed by atoms with Crippen LogP contribution in [0.4, 0.5) is 0 Å². The van der Waals surface area contributed by atoms with Crippen molar-refractivity contribution in [1.29, 1.82) is 0 Å². The monoisotopic (exact) mass is 709 g/mol. The van der Waals surface area contributed by atoms with Crippen molar-refractivity contribution in [3.8, 4) is 0 Å². The zero-order valence-electron chi connectivity index (χ0n) is 34.0. The van der Waals surface area contributed by atoms with Crippen molar-refractivity contribution < 1.29 is 28.6 Å². The molecule has 0 aliphatic carbocycles. The minimum absolute atomic E-state index is 0.0662. The molecule has 1 atom stereocenters. The molecule has 0 unspecified atom stereocenters. The van der Waals surface area contributed by atoms with E-state index in [1.54, 1.807) is 0 Å². The Bertz CT molecular complexity index is 764. The lowest BCUT2D eigenvalue weighted by molar-refractivity contribution is -0.167. The Kier molecular flexibility index (Phi) is 36.0. The fraction of sp³-hybridized carbons (Fsp3) is 0.932. The van der Waals surface area contributed by atoms with E-state index in [0.29, 0.717) is 19.3 Å². The molecule has 0 spiro atoms. The second-order valence-corrected chi connectivity index (χ2v) is 15.9. The van der Waals surface area contributed by atoms with Gasteiger partial charge in [-0.05, 0) is 31.1 Å². The molecule has 50 heavy (non-hydrogen) atoms. The fourth-order valence-electron chi connectivity index (χ4n) is 6.40. The van der Waals surface area contributed by atoms with E-state index < -0.39 is 6.10 Å². The Morgan fingerprint density at radius 3 is 0.980 bits per heavy atom. The van der Waals surface area contributed by atoms with Crippen LogP contribution < -0.4 is 0 Å². The Hall–Kier alpha value is -1.59. The van der Waals surface area contributed by atoms with Crippen LogP contribution in [-0.2, 0) is 28.6 Å². The van der Waals surface area contributed by atoms with Crippen molar-refractivity contribution in [2.24, 2.45) is 11.8 Å². The summed E-state index contributed by atoms with van der Waals surface area (Å²) in [6, 6.07) is 0. The number of rotatable bonds is 38. The summed E-state index contributed by atoms with van der Waals surface area (Å²) >= 11 is 0. The molecule has 0 heterocycles. The Morgan fingerprint density at radius 1 is 0.380 bits per heavy atom. The number of esters is 3. The third-order valence-electron chi connectivity index (χ3n) is 9.72. The van der Waals surface area contributed by atoms with E-state index >= 15 is 0 Å². The molecule has 0 saturated heterocycles. The van der Waals surface area contributed by atoms with Gasteiger partial charge in [-0.3, -0.25) is 14.4 Å². The van der Waals surface area contributed by atoms with Gasteiger partial charge in [0.15, 0.2) is 6.10 Å². The van der Waals surface area contributed by atoms with Gasteiger partial charge in [0, 0.05) is 19.3 Å². The van der Waals surface area contributed by atoms with Crippen LogP contribution in [0.15, 0.2) is 0 Å². The lowest BCUT2D eigenvalue weighted by Gasteiger charge is -2.18. The second-order valence-electron chi connectivity index (χ2n) is 15.9. The van der Waals surface area contributed by atoms with Gasteiger partial charge in [0.1, 0.15) is 13.2 Å². The van der Waals surface area contributed by atoms with Crippen LogP contribution in [0.25, 0.3) is 0 Å². The first-order chi connectivity index (χ1) is 24.2. The maximum absolute atomic E-state index is 12.6. The van der Waals surface area contributed by atoms with Crippen LogP contribution in [0.3, 0.4) is 0 Å². The molecular weight excluding hydrogens is 624 g/mol. The predicted molar refractivity (Wildman–Crippen MR) is 210 cm³/mol. The molecule has 0 fully saturated rings. The number of carbonyl (C=O) groups excluding carboxylic acids is 3. The van der Waals surface area contributed by atoms with Gasteiger partial charge in [-0.2, -0.15) is 0 Å². The highest BCUT2D eigenvalue weighted by molar-refractivity contribution is 5.71. The van der Waals surface area contributed by atoms with Crippen molar-refractivity contribution in [2.45, 2.75) is 240 Å². The van der Waals surface area contributed by atoms with Gasteiger partial charge in [0.25, 0.3) is 0 Å². The molecule has 0 aromatic rings. The Labute approximate surface area is 310 Å². The van der Waals surface area contributed by atoms with Crippen LogP contribution in [-0.4, -0.2) is 37.2 Å². The summed E-state index contributed by atoms with van der Waals surface area (Å²) in [6.45, 7) is 11.2.